The number of phenols is 1. The zero-order chi connectivity index (χ0) is 16.7. The maximum Gasteiger partial charge on any atom is 0.329 e. The van der Waals surface area contributed by atoms with Crippen LogP contribution in [0.25, 0.3) is 11.2 Å². The van der Waals surface area contributed by atoms with Gasteiger partial charge < -0.3 is 14.9 Å². The second-order valence-electron chi connectivity index (χ2n) is 5.02. The molecule has 23 heavy (non-hydrogen) atoms. The molecule has 0 aliphatic heterocycles. The molecule has 2 aromatic heterocycles. The van der Waals surface area contributed by atoms with Crippen LogP contribution in [-0.4, -0.2) is 29.4 Å². The van der Waals surface area contributed by atoms with Gasteiger partial charge in [-0.05, 0) is 11.6 Å². The normalized spacial score (nSPS) is 12.7. The van der Waals surface area contributed by atoms with Gasteiger partial charge in [0.05, 0.1) is 6.33 Å². The molecule has 0 saturated carbocycles. The Kier molecular flexibility index (Phi) is 3.48. The highest BCUT2D eigenvalue weighted by Crippen LogP contribution is 2.21. The number of fused-ring (bicyclic) bond motifs is 1. The monoisotopic (exact) mass is 319 g/mol. The summed E-state index contributed by atoms with van der Waals surface area (Å²) in [6, 6.07) is 4.14. The van der Waals surface area contributed by atoms with Crippen LogP contribution >= 0.6 is 0 Å². The minimum absolute atomic E-state index is 0.165. The largest absolute Gasteiger partial charge is 0.595 e. The predicted octanol–water partition coefficient (Wildman–Crippen LogP) is -1.42. The summed E-state index contributed by atoms with van der Waals surface area (Å²) in [4.78, 5) is 29.8. The Morgan fingerprint density at radius 3 is 2.83 bits per heavy atom. The lowest BCUT2D eigenvalue weighted by Crippen LogP contribution is -2.99. The number of phenolic OH excluding ortho intramolecular Hbond substituents is 1. The van der Waals surface area contributed by atoms with E-state index in [1.165, 1.54) is 34.6 Å². The number of aromatic amines is 1. The number of aromatic hydroxyl groups is 1. The SMILES string of the molecule is Cn1c(=O)[nH]c(=O)c2c1ncn2Cc1ccc(O)c([NH+]([O-])O)c1. The van der Waals surface area contributed by atoms with Crippen LogP contribution in [0.3, 0.4) is 0 Å². The molecule has 1 aromatic carbocycles. The lowest BCUT2D eigenvalue weighted by Gasteiger charge is -2.14. The Labute approximate surface area is 128 Å². The smallest absolute Gasteiger partial charge is 0.329 e. The summed E-state index contributed by atoms with van der Waals surface area (Å²) in [7, 11) is 1.49. The maximum absolute atomic E-state index is 12.0. The van der Waals surface area contributed by atoms with Crippen molar-refractivity contribution in [1.82, 2.24) is 19.1 Å². The molecule has 0 bridgehead atoms. The molecule has 3 aromatic rings. The molecule has 0 radical (unpaired) electrons. The van der Waals surface area contributed by atoms with Crippen molar-refractivity contribution >= 4 is 16.9 Å². The Morgan fingerprint density at radius 2 is 2.13 bits per heavy atom. The summed E-state index contributed by atoms with van der Waals surface area (Å²) in [5, 5.41) is 28.4. The highest BCUT2D eigenvalue weighted by molar-refractivity contribution is 5.69. The zero-order valence-corrected chi connectivity index (χ0v) is 12.0. The van der Waals surface area contributed by atoms with Gasteiger partial charge in [0.25, 0.3) is 5.56 Å². The van der Waals surface area contributed by atoms with Gasteiger partial charge in [0.2, 0.25) is 5.69 Å². The zero-order valence-electron chi connectivity index (χ0n) is 12.0. The van der Waals surface area contributed by atoms with Crippen molar-refractivity contribution in [2.24, 2.45) is 7.05 Å². The van der Waals surface area contributed by atoms with Crippen molar-refractivity contribution in [1.29, 1.82) is 0 Å². The number of aryl methyl sites for hydroxylation is 1. The van der Waals surface area contributed by atoms with Gasteiger partial charge in [-0.3, -0.25) is 14.3 Å². The summed E-state index contributed by atoms with van der Waals surface area (Å²) in [5.74, 6) is -0.336. The molecule has 0 aliphatic rings. The number of rotatable bonds is 3. The Bertz CT molecular complexity index is 1000. The fraction of sp³-hybridized carbons (Fsp3) is 0.154. The van der Waals surface area contributed by atoms with Crippen LogP contribution < -0.4 is 16.5 Å². The minimum Gasteiger partial charge on any atom is -0.595 e. The van der Waals surface area contributed by atoms with Crippen molar-refractivity contribution in [3.63, 3.8) is 0 Å². The van der Waals surface area contributed by atoms with Gasteiger partial charge in [0.15, 0.2) is 16.9 Å². The van der Waals surface area contributed by atoms with Gasteiger partial charge in [-0.1, -0.05) is 6.07 Å². The average molecular weight is 319 g/mol. The molecule has 0 spiro atoms. The van der Waals surface area contributed by atoms with Crippen molar-refractivity contribution in [3.05, 3.63) is 56.1 Å². The number of nitrogens with zero attached hydrogens (tertiary/aromatic N) is 3. The molecule has 1 unspecified atom stereocenters. The molecular weight excluding hydrogens is 306 g/mol. The van der Waals surface area contributed by atoms with Crippen molar-refractivity contribution < 1.29 is 15.5 Å². The van der Waals surface area contributed by atoms with Crippen molar-refractivity contribution in [2.75, 3.05) is 0 Å². The third-order valence-corrected chi connectivity index (χ3v) is 3.52. The van der Waals surface area contributed by atoms with E-state index in [0.29, 0.717) is 5.56 Å². The summed E-state index contributed by atoms with van der Waals surface area (Å²) in [6.45, 7) is 0.165. The molecule has 4 N–H and O–H groups in total. The number of imidazole rings is 1. The number of H-pyrrole nitrogens is 1. The Morgan fingerprint density at radius 1 is 1.39 bits per heavy atom. The summed E-state index contributed by atoms with van der Waals surface area (Å²) < 4.78 is 2.72. The second-order valence-corrected chi connectivity index (χ2v) is 5.02. The van der Waals surface area contributed by atoms with Crippen LogP contribution in [0.4, 0.5) is 5.69 Å². The summed E-state index contributed by atoms with van der Waals surface area (Å²) >= 11 is 0. The predicted molar refractivity (Wildman–Crippen MR) is 78.6 cm³/mol. The van der Waals surface area contributed by atoms with E-state index in [-0.39, 0.29) is 29.1 Å². The minimum atomic E-state index is -1.25. The highest BCUT2D eigenvalue weighted by atomic mass is 16.8. The molecule has 0 amide bonds. The summed E-state index contributed by atoms with van der Waals surface area (Å²) in [5.41, 5.74) is -0.364. The number of hydrogen-bond donors (Lipinski definition) is 4. The fourth-order valence-electron chi connectivity index (χ4n) is 2.35. The van der Waals surface area contributed by atoms with Crippen molar-refractivity contribution in [3.8, 4) is 5.75 Å². The first kappa shape index (κ1) is 15.0. The van der Waals surface area contributed by atoms with Crippen LogP contribution in [0, 0.1) is 5.21 Å². The van der Waals surface area contributed by atoms with Gasteiger partial charge in [-0.25, -0.2) is 15.0 Å². The Balaban J connectivity index is 2.10. The van der Waals surface area contributed by atoms with Gasteiger partial charge >= 0.3 is 5.69 Å². The van der Waals surface area contributed by atoms with E-state index >= 15 is 0 Å². The van der Waals surface area contributed by atoms with Gasteiger partial charge in [-0.2, -0.15) is 5.23 Å². The van der Waals surface area contributed by atoms with Crippen LogP contribution in [-0.2, 0) is 13.6 Å². The van der Waals surface area contributed by atoms with Crippen LogP contribution in [0.15, 0.2) is 34.1 Å². The van der Waals surface area contributed by atoms with E-state index in [1.54, 1.807) is 6.07 Å². The first-order chi connectivity index (χ1) is 10.9. The second kappa shape index (κ2) is 5.35. The molecule has 3 rings (SSSR count). The van der Waals surface area contributed by atoms with Crippen LogP contribution in [0.1, 0.15) is 5.56 Å². The van der Waals surface area contributed by atoms with E-state index in [2.05, 4.69) is 9.97 Å². The summed E-state index contributed by atoms with van der Waals surface area (Å²) in [6.07, 6.45) is 1.40. The van der Waals surface area contributed by atoms with Crippen molar-refractivity contribution in [2.45, 2.75) is 6.54 Å². The van der Waals surface area contributed by atoms with Crippen LogP contribution in [0.2, 0.25) is 0 Å². The highest BCUT2D eigenvalue weighted by Gasteiger charge is 2.14. The quantitative estimate of drug-likeness (QED) is 0.345. The van der Waals surface area contributed by atoms with E-state index in [9.17, 15) is 19.9 Å². The molecule has 2 heterocycles. The number of benzene rings is 1. The fourth-order valence-corrected chi connectivity index (χ4v) is 2.35. The average Bonchev–Trinajstić information content (AvgIpc) is 2.91. The molecule has 10 heteroatoms. The standard InChI is InChI=1S/C13H13N5O5/c1-16-11-10(12(20)15-13(16)21)17(6-14-11)5-7-2-3-9(19)8(4-7)18(22)23/h2-4,6,18-19,22H,5H2,1H3,(H,15,20,21). The number of quaternary nitrogens is 1. The van der Waals surface area contributed by atoms with E-state index in [4.69, 9.17) is 5.21 Å². The van der Waals surface area contributed by atoms with Gasteiger partial charge in [-0.15, -0.1) is 0 Å². The Hall–Kier alpha value is -2.95. The molecule has 0 aliphatic carbocycles. The molecule has 120 valence electrons. The molecular formula is C13H13N5O5. The first-order valence-corrected chi connectivity index (χ1v) is 6.58. The molecule has 0 saturated heterocycles. The van der Waals surface area contributed by atoms with Gasteiger partial charge in [0.1, 0.15) is 0 Å². The van der Waals surface area contributed by atoms with Gasteiger partial charge in [0, 0.05) is 19.7 Å². The third kappa shape index (κ3) is 2.50. The third-order valence-electron chi connectivity index (χ3n) is 3.52. The number of hydrogen-bond acceptors (Lipinski definition) is 6. The number of nitrogens with one attached hydrogen (secondary N) is 2. The van der Waals surface area contributed by atoms with E-state index in [0.717, 1.165) is 0 Å². The lowest BCUT2D eigenvalue weighted by molar-refractivity contribution is -0.991. The first-order valence-electron chi connectivity index (χ1n) is 6.58. The van der Waals surface area contributed by atoms with Crippen LogP contribution in [0.5, 0.6) is 5.75 Å². The molecule has 1 atom stereocenters. The molecule has 10 nitrogen and oxygen atoms in total. The number of aromatic nitrogens is 4. The topological polar surface area (TPSA) is 141 Å². The van der Waals surface area contributed by atoms with E-state index in [1.807, 2.05) is 0 Å². The lowest BCUT2D eigenvalue weighted by atomic mass is 10.2. The van der Waals surface area contributed by atoms with E-state index < -0.39 is 16.5 Å². The maximum atomic E-state index is 12.0. The molecule has 0 fully saturated rings.